The number of nitrogens with zero attached hydrogens (tertiary/aromatic N) is 4. The highest BCUT2D eigenvalue weighted by Crippen LogP contribution is 2.41. The Labute approximate surface area is 262 Å². The Kier molecular flexibility index (Phi) is 7.66. The fraction of sp³-hybridized carbons (Fsp3) is 0.138. The summed E-state index contributed by atoms with van der Waals surface area (Å²) in [6.45, 7) is 0.708. The van der Waals surface area contributed by atoms with Gasteiger partial charge in [-0.1, -0.05) is 0 Å². The molecule has 0 atom stereocenters. The average molecular weight is 673 g/mol. The lowest BCUT2D eigenvalue weighted by molar-refractivity contribution is -0.133. The second kappa shape index (κ2) is 11.5. The van der Waals surface area contributed by atoms with Crippen molar-refractivity contribution in [2.75, 3.05) is 20.1 Å². The Morgan fingerprint density at radius 2 is 1.87 bits per heavy atom. The van der Waals surface area contributed by atoms with Crippen molar-refractivity contribution in [3.63, 3.8) is 0 Å². The lowest BCUT2D eigenvalue weighted by Crippen LogP contribution is -2.25. The van der Waals surface area contributed by atoms with Crippen molar-refractivity contribution in [3.05, 3.63) is 82.7 Å². The van der Waals surface area contributed by atoms with Crippen LogP contribution in [0.2, 0.25) is 0 Å². The van der Waals surface area contributed by atoms with Gasteiger partial charge >= 0.3 is 16.1 Å². The number of benzene rings is 2. The van der Waals surface area contributed by atoms with Gasteiger partial charge in [0.05, 0.1) is 36.0 Å². The monoisotopic (exact) mass is 672 g/mol. The zero-order valence-electron chi connectivity index (χ0n) is 23.8. The van der Waals surface area contributed by atoms with Crippen LogP contribution in [0.4, 0.5) is 17.6 Å². The number of hydrogen-bond acceptors (Lipinski definition) is 12. The molecule has 4 aromatic rings. The molecule has 4 bridgehead atoms. The van der Waals surface area contributed by atoms with E-state index in [9.17, 15) is 18.3 Å². The predicted molar refractivity (Wildman–Crippen MR) is 154 cm³/mol. The molecule has 0 unspecified atom stereocenters. The van der Waals surface area contributed by atoms with Gasteiger partial charge in [0.15, 0.2) is 34.8 Å². The van der Waals surface area contributed by atoms with Crippen LogP contribution >= 0.6 is 0 Å². The average Bonchev–Trinajstić information content (AvgIpc) is 3.44. The third-order valence-electron chi connectivity index (χ3n) is 7.03. The Morgan fingerprint density at radius 3 is 2.57 bits per heavy atom. The molecule has 18 heteroatoms. The molecule has 0 aliphatic carbocycles. The number of phenols is 1. The molecule has 2 aromatic carbocycles. The molecule has 0 fully saturated rings. The van der Waals surface area contributed by atoms with Crippen LogP contribution in [0.5, 0.6) is 28.9 Å². The van der Waals surface area contributed by atoms with Gasteiger partial charge in [-0.3, -0.25) is 15.2 Å². The lowest BCUT2D eigenvalue weighted by Gasteiger charge is -2.20. The van der Waals surface area contributed by atoms with Gasteiger partial charge < -0.3 is 29.4 Å². The molecule has 0 saturated heterocycles. The number of nitrogens with two attached hydrogens (primary N) is 1. The zero-order valence-corrected chi connectivity index (χ0v) is 24.7. The maximum Gasteiger partial charge on any atom is 0.341 e. The first kappa shape index (κ1) is 31.2. The lowest BCUT2D eigenvalue weighted by atomic mass is 10.1. The van der Waals surface area contributed by atoms with Crippen molar-refractivity contribution in [2.24, 2.45) is 10.7 Å². The second-order valence-corrected chi connectivity index (χ2v) is 11.7. The SMILES string of the molecule is CN1CCN=C1c1cc2ccc1Oc1c(F)c(nc(-c3c(F)cnc(Oc4cc(C(=N)N)ccc4O)c3F)c1F)CC(=O)OS2(=O)=O. The number of aromatic nitrogens is 2. The van der Waals surface area contributed by atoms with E-state index in [-0.39, 0.29) is 22.7 Å². The molecule has 0 saturated carbocycles. The van der Waals surface area contributed by atoms with Crippen LogP contribution in [-0.4, -0.2) is 66.2 Å². The van der Waals surface area contributed by atoms with E-state index in [4.69, 9.17) is 20.6 Å². The smallest absolute Gasteiger partial charge is 0.341 e. The standard InChI is InChI=1S/C29H20F4N6O7S/c1-39-7-6-36-28(39)14-9-13-3-5-18(14)44-26-22(31)16(10-20(41)46-47(13,42)43)38-25(24(26)33)21-15(30)11-37-29(23(21)32)45-19-8-12(27(34)35)2-4-17(19)40/h2-5,8-9,11,40H,6-7,10H2,1H3,(H3,34,35). The normalized spacial score (nSPS) is 15.3. The number of nitrogen functional groups attached to an aromatic ring is 1. The number of fused-ring (bicyclic) bond motifs is 5. The van der Waals surface area contributed by atoms with Gasteiger partial charge in [-0.25, -0.2) is 27.5 Å². The predicted octanol–water partition coefficient (Wildman–Crippen LogP) is 3.75. The molecule has 47 heavy (non-hydrogen) atoms. The first-order valence-corrected chi connectivity index (χ1v) is 14.8. The quantitative estimate of drug-likeness (QED) is 0.121. The van der Waals surface area contributed by atoms with Crippen molar-refractivity contribution in [3.8, 4) is 40.1 Å². The molecule has 242 valence electrons. The van der Waals surface area contributed by atoms with E-state index < -0.39 is 96.6 Å². The van der Waals surface area contributed by atoms with Crippen LogP contribution in [0, 0.1) is 28.7 Å². The van der Waals surface area contributed by atoms with Crippen LogP contribution in [0.25, 0.3) is 11.3 Å². The van der Waals surface area contributed by atoms with Gasteiger partial charge in [0.25, 0.3) is 5.88 Å². The number of carbonyl (C=O) groups excluding carboxylic acids is 1. The summed E-state index contributed by atoms with van der Waals surface area (Å²) in [6.07, 6.45) is -0.801. The molecular weight excluding hydrogens is 652 g/mol. The highest BCUT2D eigenvalue weighted by Gasteiger charge is 2.33. The van der Waals surface area contributed by atoms with Gasteiger partial charge in [0.2, 0.25) is 5.75 Å². The minimum atomic E-state index is -4.78. The van der Waals surface area contributed by atoms with Crippen molar-refractivity contribution >= 4 is 27.8 Å². The molecule has 3 aliphatic rings. The Hall–Kier alpha value is -5.78. The van der Waals surface area contributed by atoms with E-state index in [1.807, 2.05) is 0 Å². The number of amidine groups is 2. The number of likely N-dealkylation sites (N-methyl/N-ethyl adjacent to an activating group) is 1. The summed E-state index contributed by atoms with van der Waals surface area (Å²) in [7, 11) is -3.16. The molecule has 0 amide bonds. The molecule has 3 aliphatic heterocycles. The van der Waals surface area contributed by atoms with Gasteiger partial charge in [0.1, 0.15) is 28.0 Å². The number of carbonyl (C=O) groups is 1. The molecule has 5 heterocycles. The van der Waals surface area contributed by atoms with Crippen molar-refractivity contribution < 1.29 is 49.5 Å². The highest BCUT2D eigenvalue weighted by molar-refractivity contribution is 7.87. The van der Waals surface area contributed by atoms with Crippen molar-refractivity contribution in [1.29, 1.82) is 5.41 Å². The minimum absolute atomic E-state index is 0.0500. The minimum Gasteiger partial charge on any atom is -0.504 e. The maximum absolute atomic E-state index is 16.2. The summed E-state index contributed by atoms with van der Waals surface area (Å²) >= 11 is 0. The van der Waals surface area contributed by atoms with Crippen LogP contribution < -0.4 is 15.2 Å². The molecular formula is C29H20F4N6O7S. The van der Waals surface area contributed by atoms with Crippen LogP contribution in [-0.2, 0) is 25.5 Å². The number of halogens is 4. The first-order valence-electron chi connectivity index (χ1n) is 13.4. The molecule has 2 aromatic heterocycles. The third kappa shape index (κ3) is 5.62. The van der Waals surface area contributed by atoms with Crippen LogP contribution in [0.15, 0.2) is 52.5 Å². The molecule has 4 N–H and O–H groups in total. The Morgan fingerprint density at radius 1 is 1.11 bits per heavy atom. The molecule has 13 nitrogen and oxygen atoms in total. The van der Waals surface area contributed by atoms with E-state index in [2.05, 4.69) is 19.1 Å². The summed E-state index contributed by atoms with van der Waals surface area (Å²) in [5, 5.41) is 17.7. The summed E-state index contributed by atoms with van der Waals surface area (Å²) < 4.78 is 105. The topological polar surface area (TPSA) is 190 Å². The number of rotatable bonds is 5. The summed E-state index contributed by atoms with van der Waals surface area (Å²) in [5.41, 5.74) is 2.02. The molecule has 7 rings (SSSR count). The Balaban J connectivity index is 1.54. The maximum atomic E-state index is 16.2. The Bertz CT molecular complexity index is 2160. The van der Waals surface area contributed by atoms with E-state index >= 15 is 17.6 Å². The number of nitrogens with one attached hydrogen (secondary N) is 1. The zero-order chi connectivity index (χ0) is 33.8. The van der Waals surface area contributed by atoms with Crippen LogP contribution in [0.3, 0.4) is 0 Å². The van der Waals surface area contributed by atoms with Crippen molar-refractivity contribution in [1.82, 2.24) is 14.9 Å². The second-order valence-electron chi connectivity index (χ2n) is 10.1. The molecule has 0 spiro atoms. The van der Waals surface area contributed by atoms with E-state index in [1.54, 1.807) is 11.9 Å². The number of aliphatic imine (C=N–C) groups is 1. The van der Waals surface area contributed by atoms with Crippen LogP contribution in [0.1, 0.15) is 16.8 Å². The first-order chi connectivity index (χ1) is 22.2. The number of pyridine rings is 2. The highest BCUT2D eigenvalue weighted by atomic mass is 32.2. The fourth-order valence-electron chi connectivity index (χ4n) is 4.74. The van der Waals surface area contributed by atoms with E-state index in [0.717, 1.165) is 30.3 Å². The third-order valence-corrected chi connectivity index (χ3v) is 8.26. The van der Waals surface area contributed by atoms with Gasteiger partial charge in [0, 0.05) is 19.2 Å². The largest absolute Gasteiger partial charge is 0.504 e. The van der Waals surface area contributed by atoms with E-state index in [0.29, 0.717) is 19.3 Å². The summed E-state index contributed by atoms with van der Waals surface area (Å²) in [4.78, 5) is 25.2. The summed E-state index contributed by atoms with van der Waals surface area (Å²) in [5.74, 6) is -11.9. The van der Waals surface area contributed by atoms with Gasteiger partial charge in [-0.05, 0) is 36.4 Å². The van der Waals surface area contributed by atoms with E-state index in [1.165, 1.54) is 6.07 Å². The van der Waals surface area contributed by atoms with Gasteiger partial charge in [-0.15, -0.1) is 0 Å². The number of hydrogen-bond donors (Lipinski definition) is 3. The fourth-order valence-corrected chi connectivity index (χ4v) is 5.64. The van der Waals surface area contributed by atoms with Crippen molar-refractivity contribution in [2.45, 2.75) is 11.3 Å². The van der Waals surface area contributed by atoms with Gasteiger partial charge in [-0.2, -0.15) is 8.42 Å². The number of aromatic hydroxyl groups is 1. The summed E-state index contributed by atoms with van der Waals surface area (Å²) in [6, 6.07) is 6.46. The number of ether oxygens (including phenoxy) is 2. The number of phenolic OH excluding ortho intramolecular Hbond substituents is 1. The molecule has 0 radical (unpaired) electrons.